The smallest absolute Gasteiger partial charge is 0.252 e. The number of hydrogen-bond acceptors (Lipinski definition) is 4. The lowest BCUT2D eigenvalue weighted by Crippen LogP contribution is -2.61. The minimum atomic E-state index is -0.171. The lowest BCUT2D eigenvalue weighted by Gasteiger charge is -2.45. The van der Waals surface area contributed by atoms with E-state index in [1.807, 2.05) is 0 Å². The van der Waals surface area contributed by atoms with Gasteiger partial charge < -0.3 is 9.80 Å². The molecule has 0 fully saturated rings. The van der Waals surface area contributed by atoms with Crippen molar-refractivity contribution in [3.63, 3.8) is 0 Å². The van der Waals surface area contributed by atoms with Gasteiger partial charge in [0.2, 0.25) is 0 Å². The lowest BCUT2D eigenvalue weighted by atomic mass is 9.33. The molecule has 0 atom stereocenters. The minimum Gasteiger partial charge on any atom is -0.311 e. The van der Waals surface area contributed by atoms with Gasteiger partial charge in [0.15, 0.2) is 5.82 Å². The SMILES string of the molecule is c1ccc(-c2ccc(N3c4cc(-c5nc(-c6cc(-c7ccccc7)cc(-c7ccccc7)c6)c6ccccc6n5)cc5c4B(c4ccc6c(ccc7ccccc76)c43)c3ccc4c(ccc6ccccc64)c3N5c3ccc(-c4ccccc4)cc3)cc2)cc1. The second kappa shape index (κ2) is 20.5. The number of hydrogen-bond donors (Lipinski definition) is 0. The van der Waals surface area contributed by atoms with Crippen molar-refractivity contribution in [2.75, 3.05) is 9.80 Å². The summed E-state index contributed by atoms with van der Waals surface area (Å²) < 4.78 is 0. The summed E-state index contributed by atoms with van der Waals surface area (Å²) in [4.78, 5) is 16.6. The first-order chi connectivity index (χ1) is 44.1. The maximum absolute atomic E-state index is 5.87. The summed E-state index contributed by atoms with van der Waals surface area (Å²) in [7, 11) is 0. The molecule has 2 aliphatic rings. The Hall–Kier alpha value is -11.7. The van der Waals surface area contributed by atoms with Crippen LogP contribution in [0.1, 0.15) is 0 Å². The van der Waals surface area contributed by atoms with Crippen LogP contribution in [0.3, 0.4) is 0 Å². The van der Waals surface area contributed by atoms with Gasteiger partial charge >= 0.3 is 0 Å². The molecule has 0 unspecified atom stereocenters. The summed E-state index contributed by atoms with van der Waals surface area (Å²) in [6.45, 7) is -0.171. The van der Waals surface area contributed by atoms with Crippen molar-refractivity contribution in [3.8, 4) is 67.2 Å². The van der Waals surface area contributed by atoms with Crippen molar-refractivity contribution >= 4 is 111 Å². The van der Waals surface area contributed by atoms with Gasteiger partial charge in [-0.1, -0.05) is 261 Å². The topological polar surface area (TPSA) is 32.3 Å². The van der Waals surface area contributed by atoms with E-state index in [-0.39, 0.29) is 6.71 Å². The van der Waals surface area contributed by atoms with Crippen molar-refractivity contribution < 1.29 is 0 Å². The molecule has 3 heterocycles. The maximum atomic E-state index is 5.87. The summed E-state index contributed by atoms with van der Waals surface area (Å²) in [6.07, 6.45) is 0. The highest BCUT2D eigenvalue weighted by Gasteiger charge is 2.45. The first kappa shape index (κ1) is 50.6. The zero-order valence-corrected chi connectivity index (χ0v) is 48.5. The molecule has 0 N–H and O–H groups in total. The molecule has 0 bridgehead atoms. The molecule has 89 heavy (non-hydrogen) atoms. The average Bonchev–Trinajstić information content (AvgIpc) is 0.796. The fraction of sp³-hybridized carbons (Fsp3) is 0. The molecule has 15 aromatic carbocycles. The van der Waals surface area contributed by atoms with Gasteiger partial charge in [0, 0.05) is 61.4 Å². The first-order valence-corrected chi connectivity index (χ1v) is 30.6. The van der Waals surface area contributed by atoms with Gasteiger partial charge in [-0.3, -0.25) is 0 Å². The molecule has 0 radical (unpaired) electrons. The molecule has 18 rings (SSSR count). The van der Waals surface area contributed by atoms with E-state index in [1.165, 1.54) is 70.6 Å². The number of benzene rings is 15. The van der Waals surface area contributed by atoms with Crippen LogP contribution in [0.15, 0.2) is 322 Å². The standard InChI is InChI=1S/C84H53BN4/c1-5-19-54(20-6-1)58-33-39-66(40-34-58)88-78-52-65(84-86-77-32-18-17-31-74(77)81(87-84)64-50-62(56-23-9-3-10-24-56)49-63(51-64)57-25-11-4-12-26-57)53-79-80(78)85(75-47-45-70-68-29-15-13-27-60(68)37-43-72(70)82(75)88)76-48-46-71-69-30-16-14-28-61(69)38-44-73(71)83(76)89(79)67-41-35-59(36-42-67)55-21-7-2-8-22-55/h1-53H. The Labute approximate surface area is 516 Å². The Kier molecular flexibility index (Phi) is 11.7. The number of aromatic nitrogens is 2. The predicted octanol–water partition coefficient (Wildman–Crippen LogP) is 20.3. The average molecular weight is 1130 g/mol. The van der Waals surface area contributed by atoms with E-state index >= 15 is 0 Å². The summed E-state index contributed by atoms with van der Waals surface area (Å²) in [5.41, 5.74) is 23.2. The Balaban J connectivity index is 0.961. The first-order valence-electron chi connectivity index (χ1n) is 30.6. The molecule has 0 spiro atoms. The number of fused-ring (bicyclic) bond motifs is 13. The highest BCUT2D eigenvalue weighted by Crippen LogP contribution is 2.51. The highest BCUT2D eigenvalue weighted by molar-refractivity contribution is 7.01. The monoisotopic (exact) mass is 1130 g/mol. The second-order valence-electron chi connectivity index (χ2n) is 23.6. The molecule has 2 aliphatic heterocycles. The van der Waals surface area contributed by atoms with E-state index in [1.54, 1.807) is 0 Å². The van der Waals surface area contributed by atoms with E-state index in [2.05, 4.69) is 331 Å². The molecule has 16 aromatic rings. The third-order valence-corrected chi connectivity index (χ3v) is 18.6. The molecule has 412 valence electrons. The van der Waals surface area contributed by atoms with Crippen LogP contribution >= 0.6 is 0 Å². The van der Waals surface area contributed by atoms with Crippen molar-refractivity contribution in [2.45, 2.75) is 0 Å². The highest BCUT2D eigenvalue weighted by atomic mass is 15.2. The fourth-order valence-corrected chi connectivity index (χ4v) is 14.5. The third-order valence-electron chi connectivity index (χ3n) is 18.6. The largest absolute Gasteiger partial charge is 0.311 e. The van der Waals surface area contributed by atoms with E-state index in [4.69, 9.17) is 9.97 Å². The second-order valence-corrected chi connectivity index (χ2v) is 23.6. The molecule has 0 aliphatic carbocycles. The number of anilines is 6. The Morgan fingerprint density at radius 2 is 0.629 bits per heavy atom. The molecule has 5 heteroatoms. The number of para-hydroxylation sites is 1. The van der Waals surface area contributed by atoms with E-state index in [0.29, 0.717) is 5.82 Å². The number of nitrogens with zero attached hydrogens (tertiary/aromatic N) is 4. The summed E-state index contributed by atoms with van der Waals surface area (Å²) in [6, 6.07) is 118. The van der Waals surface area contributed by atoms with Crippen LogP contribution in [0, 0.1) is 0 Å². The normalized spacial score (nSPS) is 12.4. The molecular weight excluding hydrogens is 1080 g/mol. The van der Waals surface area contributed by atoms with Crippen LogP contribution in [0.25, 0.3) is 121 Å². The van der Waals surface area contributed by atoms with Crippen LogP contribution in [0.2, 0.25) is 0 Å². The van der Waals surface area contributed by atoms with Crippen molar-refractivity contribution in [1.82, 2.24) is 9.97 Å². The van der Waals surface area contributed by atoms with Gasteiger partial charge in [-0.05, 0) is 154 Å². The maximum Gasteiger partial charge on any atom is 0.252 e. The Morgan fingerprint density at radius 3 is 1.10 bits per heavy atom. The molecule has 0 saturated heterocycles. The lowest BCUT2D eigenvalue weighted by molar-refractivity contribution is 1.21. The zero-order valence-electron chi connectivity index (χ0n) is 48.5. The van der Waals surface area contributed by atoms with Crippen LogP contribution < -0.4 is 26.2 Å². The van der Waals surface area contributed by atoms with Gasteiger partial charge in [0.1, 0.15) is 0 Å². The van der Waals surface area contributed by atoms with E-state index < -0.39 is 0 Å². The Morgan fingerprint density at radius 1 is 0.247 bits per heavy atom. The predicted molar refractivity (Wildman–Crippen MR) is 376 cm³/mol. The van der Waals surface area contributed by atoms with Gasteiger partial charge in [0.25, 0.3) is 6.71 Å². The van der Waals surface area contributed by atoms with Crippen LogP contribution in [0.4, 0.5) is 34.1 Å². The molecular formula is C84H53BN4. The zero-order chi connectivity index (χ0) is 58.5. The fourth-order valence-electron chi connectivity index (χ4n) is 14.5. The van der Waals surface area contributed by atoms with Gasteiger partial charge in [-0.25, -0.2) is 9.97 Å². The number of rotatable bonds is 8. The molecule has 0 amide bonds. The van der Waals surface area contributed by atoms with Gasteiger partial charge in [0.05, 0.1) is 11.2 Å². The molecule has 0 saturated carbocycles. The quantitative estimate of drug-likeness (QED) is 0.112. The van der Waals surface area contributed by atoms with Crippen molar-refractivity contribution in [1.29, 1.82) is 0 Å². The van der Waals surface area contributed by atoms with E-state index in [9.17, 15) is 0 Å². The van der Waals surface area contributed by atoms with Crippen LogP contribution in [-0.4, -0.2) is 16.7 Å². The van der Waals surface area contributed by atoms with Gasteiger partial charge in [-0.15, -0.1) is 0 Å². The van der Waals surface area contributed by atoms with Crippen LogP contribution in [0.5, 0.6) is 0 Å². The third kappa shape index (κ3) is 8.31. The van der Waals surface area contributed by atoms with Crippen molar-refractivity contribution in [3.05, 3.63) is 322 Å². The van der Waals surface area contributed by atoms with Crippen LogP contribution in [-0.2, 0) is 0 Å². The van der Waals surface area contributed by atoms with Gasteiger partial charge in [-0.2, -0.15) is 0 Å². The molecule has 4 nitrogen and oxygen atoms in total. The molecule has 1 aromatic heterocycles. The van der Waals surface area contributed by atoms with E-state index in [0.717, 1.165) is 95.2 Å². The van der Waals surface area contributed by atoms with Crippen molar-refractivity contribution in [2.24, 2.45) is 0 Å². The Bertz CT molecular complexity index is 5190. The summed E-state index contributed by atoms with van der Waals surface area (Å²) >= 11 is 0. The summed E-state index contributed by atoms with van der Waals surface area (Å²) in [5.74, 6) is 0.642. The minimum absolute atomic E-state index is 0.171. The summed E-state index contributed by atoms with van der Waals surface area (Å²) in [5, 5.41) is 10.7.